The van der Waals surface area contributed by atoms with Gasteiger partial charge in [-0.3, -0.25) is 0 Å². The molecule has 0 aliphatic carbocycles. The van der Waals surface area contributed by atoms with Gasteiger partial charge >= 0.3 is 0 Å². The molecule has 3 nitrogen and oxygen atoms in total. The van der Waals surface area contributed by atoms with Gasteiger partial charge in [-0.1, -0.05) is 36.4 Å². The van der Waals surface area contributed by atoms with Crippen LogP contribution in [0.1, 0.15) is 23.6 Å². The summed E-state index contributed by atoms with van der Waals surface area (Å²) < 4.78 is 11.3. The Labute approximate surface area is 113 Å². The molecule has 98 valence electrons. The normalized spacial score (nSPS) is 15.6. The van der Waals surface area contributed by atoms with Crippen LogP contribution in [0.15, 0.2) is 48.5 Å². The van der Waals surface area contributed by atoms with Gasteiger partial charge in [0.1, 0.15) is 0 Å². The highest BCUT2D eigenvalue weighted by Gasteiger charge is 2.14. The van der Waals surface area contributed by atoms with Crippen LogP contribution in [-0.2, 0) is 0 Å². The molecule has 0 bridgehead atoms. The SMILES string of the molecule is N[C@H](c1ccccc1)c1ccc2c(c1)OCCCO2. The van der Waals surface area contributed by atoms with Crippen molar-refractivity contribution in [3.63, 3.8) is 0 Å². The van der Waals surface area contributed by atoms with Crippen molar-refractivity contribution in [2.24, 2.45) is 5.73 Å². The molecule has 0 unspecified atom stereocenters. The van der Waals surface area contributed by atoms with E-state index in [0.717, 1.165) is 29.0 Å². The van der Waals surface area contributed by atoms with E-state index in [2.05, 4.69) is 0 Å². The van der Waals surface area contributed by atoms with Gasteiger partial charge in [0, 0.05) is 6.42 Å². The first-order valence-electron chi connectivity index (χ1n) is 6.54. The average molecular weight is 255 g/mol. The first-order valence-corrected chi connectivity index (χ1v) is 6.54. The van der Waals surface area contributed by atoms with E-state index in [1.54, 1.807) is 0 Å². The second-order valence-electron chi connectivity index (χ2n) is 4.65. The lowest BCUT2D eigenvalue weighted by molar-refractivity contribution is 0.297. The van der Waals surface area contributed by atoms with Crippen LogP contribution >= 0.6 is 0 Å². The zero-order valence-electron chi connectivity index (χ0n) is 10.7. The molecule has 2 aromatic carbocycles. The van der Waals surface area contributed by atoms with E-state index < -0.39 is 0 Å². The van der Waals surface area contributed by atoms with Gasteiger partial charge in [-0.05, 0) is 23.3 Å². The van der Waals surface area contributed by atoms with Gasteiger partial charge in [0.15, 0.2) is 11.5 Å². The molecular weight excluding hydrogens is 238 g/mol. The Morgan fingerprint density at radius 2 is 1.58 bits per heavy atom. The smallest absolute Gasteiger partial charge is 0.161 e. The van der Waals surface area contributed by atoms with Gasteiger partial charge in [0.25, 0.3) is 0 Å². The van der Waals surface area contributed by atoms with E-state index in [-0.39, 0.29) is 6.04 Å². The predicted octanol–water partition coefficient (Wildman–Crippen LogP) is 2.90. The molecule has 1 heterocycles. The second-order valence-corrected chi connectivity index (χ2v) is 4.65. The minimum atomic E-state index is -0.140. The summed E-state index contributed by atoms with van der Waals surface area (Å²) >= 11 is 0. The lowest BCUT2D eigenvalue weighted by Crippen LogP contribution is -2.11. The van der Waals surface area contributed by atoms with E-state index in [1.807, 2.05) is 48.5 Å². The number of fused-ring (bicyclic) bond motifs is 1. The molecule has 1 aliphatic heterocycles. The van der Waals surface area contributed by atoms with Crippen molar-refractivity contribution in [1.82, 2.24) is 0 Å². The lowest BCUT2D eigenvalue weighted by Gasteiger charge is -2.15. The van der Waals surface area contributed by atoms with E-state index >= 15 is 0 Å². The zero-order valence-corrected chi connectivity index (χ0v) is 10.7. The molecule has 1 atom stereocenters. The van der Waals surface area contributed by atoms with Crippen molar-refractivity contribution in [2.75, 3.05) is 13.2 Å². The van der Waals surface area contributed by atoms with Crippen LogP contribution in [-0.4, -0.2) is 13.2 Å². The Balaban J connectivity index is 1.91. The van der Waals surface area contributed by atoms with Gasteiger partial charge in [0.2, 0.25) is 0 Å². The molecule has 3 rings (SSSR count). The van der Waals surface area contributed by atoms with Crippen LogP contribution < -0.4 is 15.2 Å². The van der Waals surface area contributed by atoms with Crippen molar-refractivity contribution >= 4 is 0 Å². The number of hydrogen-bond acceptors (Lipinski definition) is 3. The summed E-state index contributed by atoms with van der Waals surface area (Å²) in [7, 11) is 0. The molecule has 0 fully saturated rings. The van der Waals surface area contributed by atoms with Crippen LogP contribution in [0.3, 0.4) is 0 Å². The van der Waals surface area contributed by atoms with Crippen molar-refractivity contribution in [2.45, 2.75) is 12.5 Å². The molecule has 1 aliphatic rings. The Kier molecular flexibility index (Phi) is 3.38. The van der Waals surface area contributed by atoms with E-state index in [0.29, 0.717) is 13.2 Å². The molecule has 0 aromatic heterocycles. The number of nitrogens with two attached hydrogens (primary N) is 1. The fourth-order valence-electron chi connectivity index (χ4n) is 2.23. The van der Waals surface area contributed by atoms with Gasteiger partial charge in [-0.15, -0.1) is 0 Å². The summed E-state index contributed by atoms with van der Waals surface area (Å²) in [4.78, 5) is 0. The second kappa shape index (κ2) is 5.33. The van der Waals surface area contributed by atoms with E-state index in [9.17, 15) is 0 Å². The van der Waals surface area contributed by atoms with Crippen LogP contribution in [0.5, 0.6) is 11.5 Å². The summed E-state index contributed by atoms with van der Waals surface area (Å²) in [6.45, 7) is 1.40. The van der Waals surface area contributed by atoms with E-state index in [1.165, 1.54) is 0 Å². The van der Waals surface area contributed by atoms with Gasteiger partial charge in [-0.25, -0.2) is 0 Å². The number of ether oxygens (including phenoxy) is 2. The predicted molar refractivity (Wildman–Crippen MR) is 74.5 cm³/mol. The minimum Gasteiger partial charge on any atom is -0.490 e. The Morgan fingerprint density at radius 1 is 0.842 bits per heavy atom. The highest BCUT2D eigenvalue weighted by atomic mass is 16.5. The third-order valence-electron chi connectivity index (χ3n) is 3.29. The summed E-state index contributed by atoms with van der Waals surface area (Å²) in [5.41, 5.74) is 8.42. The molecule has 2 aromatic rings. The summed E-state index contributed by atoms with van der Waals surface area (Å²) in [5, 5.41) is 0. The minimum absolute atomic E-state index is 0.140. The Bertz CT molecular complexity index is 554. The Morgan fingerprint density at radius 3 is 2.37 bits per heavy atom. The third kappa shape index (κ3) is 2.56. The molecular formula is C16H17NO2. The molecule has 0 spiro atoms. The molecule has 0 saturated heterocycles. The van der Waals surface area contributed by atoms with Crippen LogP contribution in [0, 0.1) is 0 Å². The fourth-order valence-corrected chi connectivity index (χ4v) is 2.23. The summed E-state index contributed by atoms with van der Waals surface area (Å²) in [6.07, 6.45) is 0.911. The average Bonchev–Trinajstić information content (AvgIpc) is 2.72. The molecule has 0 amide bonds. The molecule has 3 heteroatoms. The first kappa shape index (κ1) is 12.1. The Hall–Kier alpha value is -2.00. The highest BCUT2D eigenvalue weighted by molar-refractivity contribution is 5.46. The topological polar surface area (TPSA) is 44.5 Å². The van der Waals surface area contributed by atoms with E-state index in [4.69, 9.17) is 15.2 Å². The first-order chi connectivity index (χ1) is 9.34. The largest absolute Gasteiger partial charge is 0.490 e. The van der Waals surface area contributed by atoms with Crippen LogP contribution in [0.4, 0.5) is 0 Å². The number of hydrogen-bond donors (Lipinski definition) is 1. The maximum atomic E-state index is 6.29. The van der Waals surface area contributed by atoms with Gasteiger partial charge in [0.05, 0.1) is 19.3 Å². The van der Waals surface area contributed by atoms with Crippen molar-refractivity contribution in [3.05, 3.63) is 59.7 Å². The zero-order chi connectivity index (χ0) is 13.1. The van der Waals surface area contributed by atoms with Crippen molar-refractivity contribution < 1.29 is 9.47 Å². The maximum Gasteiger partial charge on any atom is 0.161 e. The maximum absolute atomic E-state index is 6.29. The molecule has 0 saturated carbocycles. The van der Waals surface area contributed by atoms with Gasteiger partial charge < -0.3 is 15.2 Å². The third-order valence-corrected chi connectivity index (χ3v) is 3.29. The quantitative estimate of drug-likeness (QED) is 0.897. The number of rotatable bonds is 2. The highest BCUT2D eigenvalue weighted by Crippen LogP contribution is 2.33. The molecule has 0 radical (unpaired) electrons. The summed E-state index contributed by atoms with van der Waals surface area (Å²) in [6, 6.07) is 15.9. The van der Waals surface area contributed by atoms with Gasteiger partial charge in [-0.2, -0.15) is 0 Å². The molecule has 2 N–H and O–H groups in total. The molecule has 19 heavy (non-hydrogen) atoms. The van der Waals surface area contributed by atoms with Crippen LogP contribution in [0.2, 0.25) is 0 Å². The standard InChI is InChI=1S/C16H17NO2/c17-16(12-5-2-1-3-6-12)13-7-8-14-15(11-13)19-10-4-9-18-14/h1-3,5-8,11,16H,4,9-10,17H2/t16-/m1/s1. The fraction of sp³-hybridized carbons (Fsp3) is 0.250. The number of benzene rings is 2. The van der Waals surface area contributed by atoms with Crippen molar-refractivity contribution in [3.8, 4) is 11.5 Å². The monoisotopic (exact) mass is 255 g/mol. The van der Waals surface area contributed by atoms with Crippen molar-refractivity contribution in [1.29, 1.82) is 0 Å². The lowest BCUT2D eigenvalue weighted by atomic mass is 9.99. The summed E-state index contributed by atoms with van der Waals surface area (Å²) in [5.74, 6) is 1.60. The van der Waals surface area contributed by atoms with Crippen LogP contribution in [0.25, 0.3) is 0 Å².